The smallest absolute Gasteiger partial charge is 0.378 e. The van der Waals surface area contributed by atoms with Gasteiger partial charge in [-0.25, -0.2) is 0 Å². The summed E-state index contributed by atoms with van der Waals surface area (Å²) in [6, 6.07) is 1.79. The maximum atomic E-state index is 12.8. The van der Waals surface area contributed by atoms with Gasteiger partial charge in [-0.3, -0.25) is 4.79 Å². The molecule has 1 aromatic rings. The molecule has 0 unspecified atom stereocenters. The second-order valence-corrected chi connectivity index (χ2v) is 4.69. The van der Waals surface area contributed by atoms with E-state index in [2.05, 4.69) is 0 Å². The number of ether oxygens (including phenoxy) is 1. The number of benzene rings is 1. The van der Waals surface area contributed by atoms with E-state index < -0.39 is 29.3 Å². The largest absolute Gasteiger partial charge is 0.454 e. The van der Waals surface area contributed by atoms with Crippen molar-refractivity contribution in [3.05, 3.63) is 29.3 Å². The number of rotatable bonds is 2. The van der Waals surface area contributed by atoms with E-state index in [1.807, 2.05) is 0 Å². The van der Waals surface area contributed by atoms with Crippen LogP contribution in [0.3, 0.4) is 0 Å². The zero-order chi connectivity index (χ0) is 16.5. The molecule has 2 rings (SSSR count). The molecule has 0 atom stereocenters. The van der Waals surface area contributed by atoms with E-state index >= 15 is 0 Å². The van der Waals surface area contributed by atoms with Crippen LogP contribution >= 0.6 is 0 Å². The first-order valence-corrected chi connectivity index (χ1v) is 6.25. The number of morpholine rings is 1. The topological polar surface area (TPSA) is 29.5 Å². The van der Waals surface area contributed by atoms with Gasteiger partial charge in [0.25, 0.3) is 5.78 Å². The molecular formula is C13H11F6NO2. The highest BCUT2D eigenvalue weighted by Gasteiger charge is 2.41. The molecule has 22 heavy (non-hydrogen) atoms. The number of Topliss-reactive ketones (excluding diaryl/α,β-unsaturated/α-hetero) is 1. The van der Waals surface area contributed by atoms with E-state index in [4.69, 9.17) is 4.74 Å². The number of hydrogen-bond acceptors (Lipinski definition) is 3. The lowest BCUT2D eigenvalue weighted by atomic mass is 10.0. The third-order valence-electron chi connectivity index (χ3n) is 3.14. The first-order chi connectivity index (χ1) is 10.1. The van der Waals surface area contributed by atoms with Crippen molar-refractivity contribution in [1.82, 2.24) is 0 Å². The Morgan fingerprint density at radius 3 is 2.09 bits per heavy atom. The molecule has 0 amide bonds. The average molecular weight is 327 g/mol. The number of halogens is 6. The van der Waals surface area contributed by atoms with E-state index in [9.17, 15) is 31.1 Å². The molecule has 0 aliphatic carbocycles. The molecule has 0 saturated carbocycles. The minimum Gasteiger partial charge on any atom is -0.378 e. The molecule has 1 saturated heterocycles. The van der Waals surface area contributed by atoms with Gasteiger partial charge >= 0.3 is 12.4 Å². The zero-order valence-corrected chi connectivity index (χ0v) is 11.1. The lowest BCUT2D eigenvalue weighted by Crippen LogP contribution is -2.36. The summed E-state index contributed by atoms with van der Waals surface area (Å²) in [4.78, 5) is 12.7. The second kappa shape index (κ2) is 5.79. The van der Waals surface area contributed by atoms with Crippen molar-refractivity contribution >= 4 is 11.5 Å². The minimum atomic E-state index is -5.23. The second-order valence-electron chi connectivity index (χ2n) is 4.69. The Balaban J connectivity index is 2.47. The summed E-state index contributed by atoms with van der Waals surface area (Å²) in [7, 11) is 0. The van der Waals surface area contributed by atoms with Gasteiger partial charge in [0.15, 0.2) is 0 Å². The molecule has 1 aliphatic heterocycles. The Morgan fingerprint density at radius 1 is 1.00 bits per heavy atom. The van der Waals surface area contributed by atoms with Gasteiger partial charge in [-0.1, -0.05) is 0 Å². The molecule has 0 spiro atoms. The van der Waals surface area contributed by atoms with Crippen molar-refractivity contribution in [1.29, 1.82) is 0 Å². The fraction of sp³-hybridized carbons (Fsp3) is 0.462. The summed E-state index contributed by atoms with van der Waals surface area (Å²) in [5.74, 6) is -2.30. The van der Waals surface area contributed by atoms with Crippen LogP contribution < -0.4 is 4.90 Å². The van der Waals surface area contributed by atoms with Crippen LogP contribution in [-0.4, -0.2) is 38.3 Å². The number of alkyl halides is 6. The summed E-state index contributed by atoms with van der Waals surface area (Å²) in [5, 5.41) is 0. The van der Waals surface area contributed by atoms with Crippen molar-refractivity contribution in [2.24, 2.45) is 0 Å². The normalized spacial score (nSPS) is 16.7. The standard InChI is InChI=1S/C13H11F6NO2/c14-12(15,16)9-5-8(11(21)13(17,18)19)6-10(7-9)20-1-3-22-4-2-20/h5-7H,1-4H2. The summed E-state index contributed by atoms with van der Waals surface area (Å²) < 4.78 is 81.0. The van der Waals surface area contributed by atoms with Gasteiger partial charge in [0, 0.05) is 24.3 Å². The Hall–Kier alpha value is -1.77. The van der Waals surface area contributed by atoms with Crippen LogP contribution in [-0.2, 0) is 10.9 Å². The molecule has 122 valence electrons. The zero-order valence-electron chi connectivity index (χ0n) is 11.1. The van der Waals surface area contributed by atoms with Gasteiger partial charge in [0.2, 0.25) is 0 Å². The van der Waals surface area contributed by atoms with Crippen LogP contribution in [0.4, 0.5) is 32.0 Å². The number of nitrogens with zero attached hydrogens (tertiary/aromatic N) is 1. The molecule has 0 N–H and O–H groups in total. The van der Waals surface area contributed by atoms with E-state index in [1.165, 1.54) is 4.90 Å². The summed E-state index contributed by atoms with van der Waals surface area (Å²) in [6.45, 7) is 0.972. The Labute approximate surface area is 121 Å². The van der Waals surface area contributed by atoms with Crippen molar-refractivity contribution in [3.63, 3.8) is 0 Å². The fourth-order valence-electron chi connectivity index (χ4n) is 2.07. The number of carbonyl (C=O) groups excluding carboxylic acids is 1. The van der Waals surface area contributed by atoms with Crippen molar-refractivity contribution in [3.8, 4) is 0 Å². The molecule has 0 bridgehead atoms. The lowest BCUT2D eigenvalue weighted by molar-refractivity contribution is -0.137. The van der Waals surface area contributed by atoms with Gasteiger partial charge < -0.3 is 9.64 Å². The van der Waals surface area contributed by atoms with Crippen molar-refractivity contribution < 1.29 is 35.9 Å². The van der Waals surface area contributed by atoms with E-state index in [0.717, 1.165) is 12.1 Å². The molecule has 1 fully saturated rings. The quantitative estimate of drug-likeness (QED) is 0.617. The molecule has 0 aromatic heterocycles. The molecular weight excluding hydrogens is 316 g/mol. The number of carbonyl (C=O) groups is 1. The lowest BCUT2D eigenvalue weighted by Gasteiger charge is -2.29. The predicted octanol–water partition coefficient (Wildman–Crippen LogP) is 3.29. The van der Waals surface area contributed by atoms with Gasteiger partial charge in [-0.05, 0) is 18.2 Å². The molecule has 1 aliphatic rings. The summed E-state index contributed by atoms with van der Waals surface area (Å²) in [5.41, 5.74) is -2.39. The highest BCUT2D eigenvalue weighted by Crippen LogP contribution is 2.34. The monoisotopic (exact) mass is 327 g/mol. The number of hydrogen-bond donors (Lipinski definition) is 0. The fourth-order valence-corrected chi connectivity index (χ4v) is 2.07. The number of ketones is 1. The Morgan fingerprint density at radius 2 is 1.59 bits per heavy atom. The van der Waals surface area contributed by atoms with Gasteiger partial charge in [0.05, 0.1) is 18.8 Å². The first kappa shape index (κ1) is 16.6. The maximum absolute atomic E-state index is 12.8. The van der Waals surface area contributed by atoms with Crippen LogP contribution in [0.1, 0.15) is 15.9 Å². The third kappa shape index (κ3) is 3.70. The molecule has 9 heteroatoms. The Bertz CT molecular complexity index is 561. The molecule has 1 aromatic carbocycles. The molecule has 0 radical (unpaired) electrons. The number of anilines is 1. The van der Waals surface area contributed by atoms with E-state index in [1.54, 1.807) is 0 Å². The summed E-state index contributed by atoms with van der Waals surface area (Å²) >= 11 is 0. The van der Waals surface area contributed by atoms with Crippen LogP contribution in [0.5, 0.6) is 0 Å². The first-order valence-electron chi connectivity index (χ1n) is 6.25. The highest BCUT2D eigenvalue weighted by atomic mass is 19.4. The van der Waals surface area contributed by atoms with Gasteiger partial charge in [-0.2, -0.15) is 26.3 Å². The SMILES string of the molecule is O=C(c1cc(N2CCOCC2)cc(C(F)(F)F)c1)C(F)(F)F. The van der Waals surface area contributed by atoms with Crippen molar-refractivity contribution in [2.45, 2.75) is 12.4 Å². The Kier molecular flexibility index (Phi) is 4.37. The van der Waals surface area contributed by atoms with Crippen LogP contribution in [0.25, 0.3) is 0 Å². The van der Waals surface area contributed by atoms with E-state index in [0.29, 0.717) is 0 Å². The average Bonchev–Trinajstić information content (AvgIpc) is 2.45. The molecule has 3 nitrogen and oxygen atoms in total. The molecule has 1 heterocycles. The summed E-state index contributed by atoms with van der Waals surface area (Å²) in [6.07, 6.45) is -10.1. The van der Waals surface area contributed by atoms with Gasteiger partial charge in [-0.15, -0.1) is 0 Å². The van der Waals surface area contributed by atoms with Crippen LogP contribution in [0, 0.1) is 0 Å². The highest BCUT2D eigenvalue weighted by molar-refractivity contribution is 6.01. The van der Waals surface area contributed by atoms with Gasteiger partial charge in [0.1, 0.15) is 0 Å². The van der Waals surface area contributed by atoms with Crippen LogP contribution in [0.15, 0.2) is 18.2 Å². The predicted molar refractivity (Wildman–Crippen MR) is 64.9 cm³/mol. The minimum absolute atomic E-state index is 0.0780. The maximum Gasteiger partial charge on any atom is 0.454 e. The van der Waals surface area contributed by atoms with Crippen molar-refractivity contribution in [2.75, 3.05) is 31.2 Å². The van der Waals surface area contributed by atoms with E-state index in [-0.39, 0.29) is 38.1 Å². The third-order valence-corrected chi connectivity index (χ3v) is 3.14. The van der Waals surface area contributed by atoms with Crippen LogP contribution in [0.2, 0.25) is 0 Å².